The van der Waals surface area contributed by atoms with Crippen LogP contribution in [0.3, 0.4) is 0 Å². The number of aryl methyl sites for hydroxylation is 1. The van der Waals surface area contributed by atoms with Crippen molar-refractivity contribution >= 4 is 34.4 Å². The van der Waals surface area contributed by atoms with E-state index >= 15 is 0 Å². The van der Waals surface area contributed by atoms with Gasteiger partial charge in [-0.2, -0.15) is 5.10 Å². The van der Waals surface area contributed by atoms with Gasteiger partial charge in [0.15, 0.2) is 10.8 Å². The standard InChI is InChI=1S/C20H23N5O2S/c1-12-5-7-13(8-6-12)22-16(26)9-14-11-28-19-23-17-15(18(27)24(14)19)10-21-25(17)20(2,3)4/h5-8,10,14H,9,11H2,1-4H3,(H,22,26). The quantitative estimate of drug-likeness (QED) is 0.686. The molecule has 0 fully saturated rings. The van der Waals surface area contributed by atoms with Crippen molar-refractivity contribution in [3.8, 4) is 0 Å². The first-order chi connectivity index (χ1) is 13.2. The second-order valence-electron chi connectivity index (χ2n) is 8.12. The van der Waals surface area contributed by atoms with Crippen molar-refractivity contribution in [2.24, 2.45) is 0 Å². The molecule has 7 nitrogen and oxygen atoms in total. The van der Waals surface area contributed by atoms with Gasteiger partial charge in [0.05, 0.1) is 17.8 Å². The van der Waals surface area contributed by atoms with Crippen LogP contribution in [-0.2, 0) is 10.3 Å². The molecule has 1 unspecified atom stereocenters. The number of fused-ring (bicyclic) bond motifs is 2. The number of rotatable bonds is 3. The van der Waals surface area contributed by atoms with E-state index < -0.39 is 0 Å². The summed E-state index contributed by atoms with van der Waals surface area (Å²) in [7, 11) is 0. The molecule has 1 aliphatic heterocycles. The van der Waals surface area contributed by atoms with E-state index in [4.69, 9.17) is 0 Å². The first kappa shape index (κ1) is 18.7. The number of anilines is 1. The number of carbonyl (C=O) groups is 1. The van der Waals surface area contributed by atoms with Crippen LogP contribution in [0.5, 0.6) is 0 Å². The molecule has 1 N–H and O–H groups in total. The zero-order valence-electron chi connectivity index (χ0n) is 16.4. The smallest absolute Gasteiger partial charge is 0.265 e. The van der Waals surface area contributed by atoms with Crippen molar-refractivity contribution in [2.75, 3.05) is 11.1 Å². The molecule has 1 amide bonds. The molecular weight excluding hydrogens is 374 g/mol. The maximum Gasteiger partial charge on any atom is 0.265 e. The lowest BCUT2D eigenvalue weighted by atomic mass is 10.1. The molecule has 2 aromatic heterocycles. The number of benzene rings is 1. The molecule has 0 aliphatic carbocycles. The molecule has 3 aromatic rings. The molecule has 0 saturated heterocycles. The summed E-state index contributed by atoms with van der Waals surface area (Å²) in [6.45, 7) is 8.08. The van der Waals surface area contributed by atoms with Crippen LogP contribution in [0.1, 0.15) is 38.8 Å². The van der Waals surface area contributed by atoms with Gasteiger partial charge in [-0.05, 0) is 39.8 Å². The first-order valence-corrected chi connectivity index (χ1v) is 10.2. The number of aromatic nitrogens is 4. The highest BCUT2D eigenvalue weighted by molar-refractivity contribution is 7.99. The van der Waals surface area contributed by atoms with Gasteiger partial charge in [-0.3, -0.25) is 14.2 Å². The Labute approximate surface area is 167 Å². The van der Waals surface area contributed by atoms with Crippen LogP contribution < -0.4 is 10.9 Å². The Bertz CT molecular complexity index is 1110. The summed E-state index contributed by atoms with van der Waals surface area (Å²) in [4.78, 5) is 30.3. The average Bonchev–Trinajstić information content (AvgIpc) is 3.22. The molecule has 1 aliphatic rings. The second kappa shape index (κ2) is 6.77. The summed E-state index contributed by atoms with van der Waals surface area (Å²) in [5.74, 6) is 0.540. The fourth-order valence-corrected chi connectivity index (χ4v) is 4.47. The number of nitrogens with zero attached hydrogens (tertiary/aromatic N) is 4. The first-order valence-electron chi connectivity index (χ1n) is 9.24. The SMILES string of the molecule is Cc1ccc(NC(=O)CC2CSc3nc4c(cnn4C(C)(C)C)c(=O)n32)cc1. The Kier molecular flexibility index (Phi) is 4.53. The van der Waals surface area contributed by atoms with E-state index in [1.807, 2.05) is 52.0 Å². The van der Waals surface area contributed by atoms with Gasteiger partial charge in [0.2, 0.25) is 5.91 Å². The van der Waals surface area contributed by atoms with Gasteiger partial charge in [0.1, 0.15) is 5.39 Å². The summed E-state index contributed by atoms with van der Waals surface area (Å²) in [5.41, 5.74) is 2.09. The van der Waals surface area contributed by atoms with Crippen molar-refractivity contribution in [1.82, 2.24) is 19.3 Å². The predicted molar refractivity (Wildman–Crippen MR) is 111 cm³/mol. The van der Waals surface area contributed by atoms with Gasteiger partial charge in [-0.1, -0.05) is 29.5 Å². The number of hydrogen-bond donors (Lipinski definition) is 1. The number of carbonyl (C=O) groups excluding carboxylic acids is 1. The van der Waals surface area contributed by atoms with E-state index in [0.29, 0.717) is 21.9 Å². The Morgan fingerprint density at radius 1 is 1.29 bits per heavy atom. The summed E-state index contributed by atoms with van der Waals surface area (Å²) in [6.07, 6.45) is 1.81. The minimum absolute atomic E-state index is 0.111. The van der Waals surface area contributed by atoms with Gasteiger partial charge >= 0.3 is 0 Å². The van der Waals surface area contributed by atoms with E-state index in [9.17, 15) is 9.59 Å². The van der Waals surface area contributed by atoms with Crippen LogP contribution in [-0.4, -0.2) is 31.0 Å². The van der Waals surface area contributed by atoms with Gasteiger partial charge in [-0.15, -0.1) is 0 Å². The minimum atomic E-state index is -0.267. The lowest BCUT2D eigenvalue weighted by Gasteiger charge is -2.20. The number of amides is 1. The maximum atomic E-state index is 13.1. The number of nitrogens with one attached hydrogen (secondary N) is 1. The second-order valence-corrected chi connectivity index (χ2v) is 9.10. The Balaban J connectivity index is 1.61. The molecule has 8 heteroatoms. The Hall–Kier alpha value is -2.61. The van der Waals surface area contributed by atoms with Crippen molar-refractivity contribution in [3.63, 3.8) is 0 Å². The van der Waals surface area contributed by atoms with Gasteiger partial charge in [0.25, 0.3) is 5.56 Å². The molecule has 0 spiro atoms. The molecule has 3 heterocycles. The van der Waals surface area contributed by atoms with Crippen LogP contribution in [0.2, 0.25) is 0 Å². The molecule has 28 heavy (non-hydrogen) atoms. The van der Waals surface area contributed by atoms with Crippen molar-refractivity contribution in [3.05, 3.63) is 46.4 Å². The Morgan fingerprint density at radius 3 is 2.68 bits per heavy atom. The summed E-state index contributed by atoms with van der Waals surface area (Å²) < 4.78 is 3.43. The van der Waals surface area contributed by atoms with Crippen LogP contribution in [0.15, 0.2) is 40.4 Å². The van der Waals surface area contributed by atoms with Gasteiger partial charge in [0, 0.05) is 17.9 Å². The molecule has 1 aromatic carbocycles. The molecule has 4 rings (SSSR count). The fourth-order valence-electron chi connectivity index (χ4n) is 3.33. The zero-order valence-corrected chi connectivity index (χ0v) is 17.2. The minimum Gasteiger partial charge on any atom is -0.326 e. The molecule has 1 atom stereocenters. The van der Waals surface area contributed by atoms with Crippen molar-refractivity contribution < 1.29 is 4.79 Å². The van der Waals surface area contributed by atoms with Crippen molar-refractivity contribution in [1.29, 1.82) is 0 Å². The number of thioether (sulfide) groups is 1. The monoisotopic (exact) mass is 397 g/mol. The van der Waals surface area contributed by atoms with E-state index in [1.54, 1.807) is 15.4 Å². The van der Waals surface area contributed by atoms with Crippen molar-refractivity contribution in [2.45, 2.75) is 50.9 Å². The molecule has 0 saturated carbocycles. The maximum absolute atomic E-state index is 13.1. The van der Waals surface area contributed by atoms with Crippen LogP contribution in [0.25, 0.3) is 11.0 Å². The zero-order chi connectivity index (χ0) is 20.1. The van der Waals surface area contributed by atoms with E-state index in [1.165, 1.54) is 11.8 Å². The normalized spacial score (nSPS) is 16.4. The third kappa shape index (κ3) is 3.32. The lowest BCUT2D eigenvalue weighted by Crippen LogP contribution is -2.29. The third-order valence-corrected chi connectivity index (χ3v) is 5.86. The molecule has 0 radical (unpaired) electrons. The van der Waals surface area contributed by atoms with Crippen LogP contribution in [0.4, 0.5) is 5.69 Å². The Morgan fingerprint density at radius 2 is 2.00 bits per heavy atom. The predicted octanol–water partition coefficient (Wildman–Crippen LogP) is 3.33. The third-order valence-electron chi connectivity index (χ3n) is 4.76. The van der Waals surface area contributed by atoms with E-state index in [0.717, 1.165) is 11.3 Å². The largest absolute Gasteiger partial charge is 0.326 e. The van der Waals surface area contributed by atoms with E-state index in [-0.39, 0.29) is 29.5 Å². The lowest BCUT2D eigenvalue weighted by molar-refractivity contribution is -0.116. The average molecular weight is 398 g/mol. The number of hydrogen-bond acceptors (Lipinski definition) is 5. The highest BCUT2D eigenvalue weighted by Gasteiger charge is 2.30. The highest BCUT2D eigenvalue weighted by atomic mass is 32.2. The van der Waals surface area contributed by atoms with Crippen LogP contribution in [0, 0.1) is 6.92 Å². The summed E-state index contributed by atoms with van der Waals surface area (Å²) in [6, 6.07) is 7.45. The van der Waals surface area contributed by atoms with Crippen LogP contribution >= 0.6 is 11.8 Å². The van der Waals surface area contributed by atoms with E-state index in [2.05, 4.69) is 15.4 Å². The van der Waals surface area contributed by atoms with Gasteiger partial charge < -0.3 is 5.32 Å². The topological polar surface area (TPSA) is 81.8 Å². The highest BCUT2D eigenvalue weighted by Crippen LogP contribution is 2.33. The fraction of sp³-hybridized carbons (Fsp3) is 0.400. The summed E-state index contributed by atoms with van der Waals surface area (Å²) in [5, 5.41) is 8.42. The summed E-state index contributed by atoms with van der Waals surface area (Å²) >= 11 is 1.51. The van der Waals surface area contributed by atoms with Gasteiger partial charge in [-0.25, -0.2) is 9.67 Å². The molecular formula is C20H23N5O2S. The molecule has 146 valence electrons. The molecule has 0 bridgehead atoms.